The summed E-state index contributed by atoms with van der Waals surface area (Å²) in [5.41, 5.74) is -1.89. The fourth-order valence-corrected chi connectivity index (χ4v) is 4.66. The van der Waals surface area contributed by atoms with Crippen LogP contribution in [-0.2, 0) is 28.9 Å². The van der Waals surface area contributed by atoms with Gasteiger partial charge < -0.3 is 15.7 Å². The highest BCUT2D eigenvalue weighted by Gasteiger charge is 2.39. The van der Waals surface area contributed by atoms with Crippen LogP contribution in [-0.4, -0.2) is 50.1 Å². The van der Waals surface area contributed by atoms with Crippen molar-refractivity contribution in [3.05, 3.63) is 75.2 Å². The maximum absolute atomic E-state index is 13.4. The number of aliphatic hydroxyl groups is 1. The predicted octanol–water partition coefficient (Wildman–Crippen LogP) is 3.69. The van der Waals surface area contributed by atoms with E-state index < -0.39 is 60.7 Å². The first-order valence-corrected chi connectivity index (χ1v) is 12.9. The minimum Gasteiger partial charge on any atom is -0.382 e. The van der Waals surface area contributed by atoms with Crippen LogP contribution in [0.5, 0.6) is 0 Å². The van der Waals surface area contributed by atoms with E-state index in [0.29, 0.717) is 27.2 Å². The maximum Gasteiger partial charge on any atom is 0.416 e. The third-order valence-corrected chi connectivity index (χ3v) is 6.94. The molecule has 3 aromatic rings. The minimum atomic E-state index is -5.05. The van der Waals surface area contributed by atoms with Crippen LogP contribution in [0.25, 0.3) is 11.4 Å². The van der Waals surface area contributed by atoms with Gasteiger partial charge in [-0.15, -0.1) is 5.10 Å². The average Bonchev–Trinajstić information content (AvgIpc) is 3.45. The highest BCUT2D eigenvalue weighted by atomic mass is 35.5. The van der Waals surface area contributed by atoms with Gasteiger partial charge in [-0.05, 0) is 54.8 Å². The van der Waals surface area contributed by atoms with E-state index in [9.17, 15) is 45.8 Å². The molecule has 226 valence electrons. The SMILES string of the molecule is O=C(Cn1nc(-c2ccc(Cl)cc2)n(C[C@H](O)C(F)(F)F)c1=O)NC(CC1CCNC1=O)c1cccc(C(F)(F)F)c1. The largest absolute Gasteiger partial charge is 0.416 e. The Morgan fingerprint density at radius 2 is 1.81 bits per heavy atom. The lowest BCUT2D eigenvalue weighted by Crippen LogP contribution is -2.39. The van der Waals surface area contributed by atoms with Crippen molar-refractivity contribution in [1.29, 1.82) is 0 Å². The Morgan fingerprint density at radius 3 is 2.40 bits per heavy atom. The van der Waals surface area contributed by atoms with Crippen molar-refractivity contribution >= 4 is 23.4 Å². The van der Waals surface area contributed by atoms with Gasteiger partial charge in [0.2, 0.25) is 11.8 Å². The zero-order valence-electron chi connectivity index (χ0n) is 21.5. The number of hydrogen-bond donors (Lipinski definition) is 3. The number of amides is 2. The van der Waals surface area contributed by atoms with Gasteiger partial charge in [0.15, 0.2) is 11.9 Å². The molecule has 9 nitrogen and oxygen atoms in total. The van der Waals surface area contributed by atoms with Gasteiger partial charge in [-0.3, -0.25) is 14.2 Å². The molecule has 16 heteroatoms. The van der Waals surface area contributed by atoms with E-state index in [0.717, 1.165) is 18.2 Å². The lowest BCUT2D eigenvalue weighted by molar-refractivity contribution is -0.207. The van der Waals surface area contributed by atoms with Crippen molar-refractivity contribution in [2.45, 2.75) is 50.4 Å². The Labute approximate surface area is 239 Å². The predicted molar refractivity (Wildman–Crippen MR) is 137 cm³/mol. The Bertz CT molecular complexity index is 1500. The number of nitrogens with zero attached hydrogens (tertiary/aromatic N) is 3. The van der Waals surface area contributed by atoms with Crippen LogP contribution < -0.4 is 16.3 Å². The van der Waals surface area contributed by atoms with E-state index in [1.807, 2.05) is 0 Å². The molecule has 3 atom stereocenters. The Balaban J connectivity index is 1.64. The van der Waals surface area contributed by atoms with Crippen molar-refractivity contribution in [3.63, 3.8) is 0 Å². The zero-order valence-corrected chi connectivity index (χ0v) is 22.3. The molecule has 42 heavy (non-hydrogen) atoms. The molecule has 1 aliphatic heterocycles. The number of rotatable bonds is 9. The summed E-state index contributed by atoms with van der Waals surface area (Å²) in [7, 11) is 0. The molecule has 0 aliphatic carbocycles. The summed E-state index contributed by atoms with van der Waals surface area (Å²) in [4.78, 5) is 38.3. The van der Waals surface area contributed by atoms with Crippen molar-refractivity contribution in [2.75, 3.05) is 6.54 Å². The van der Waals surface area contributed by atoms with Gasteiger partial charge in [-0.25, -0.2) is 9.48 Å². The molecule has 0 bridgehead atoms. The van der Waals surface area contributed by atoms with Crippen LogP contribution in [0, 0.1) is 5.92 Å². The molecule has 2 heterocycles. The first-order chi connectivity index (χ1) is 19.6. The number of carbonyl (C=O) groups excluding carboxylic acids is 2. The first kappa shape index (κ1) is 31.1. The number of aliphatic hydroxyl groups excluding tert-OH is 1. The Kier molecular flexibility index (Phi) is 9.01. The lowest BCUT2D eigenvalue weighted by Gasteiger charge is -2.22. The number of alkyl halides is 6. The second-order valence-electron chi connectivity index (χ2n) is 9.69. The summed E-state index contributed by atoms with van der Waals surface area (Å²) in [6.45, 7) is -1.68. The number of carbonyl (C=O) groups is 2. The van der Waals surface area contributed by atoms with Crippen LogP contribution >= 0.6 is 11.6 Å². The number of halogens is 7. The van der Waals surface area contributed by atoms with Crippen molar-refractivity contribution < 1.29 is 41.0 Å². The van der Waals surface area contributed by atoms with Crippen LogP contribution in [0.2, 0.25) is 5.02 Å². The molecular weight excluding hydrogens is 596 g/mol. The fourth-order valence-electron chi connectivity index (χ4n) is 4.54. The second kappa shape index (κ2) is 12.2. The van der Waals surface area contributed by atoms with Gasteiger partial charge >= 0.3 is 18.0 Å². The minimum absolute atomic E-state index is 0.0456. The van der Waals surface area contributed by atoms with E-state index in [1.54, 1.807) is 0 Å². The van der Waals surface area contributed by atoms with Crippen molar-refractivity contribution in [2.24, 2.45) is 5.92 Å². The molecule has 0 spiro atoms. The molecule has 1 fully saturated rings. The molecule has 0 radical (unpaired) electrons. The van der Waals surface area contributed by atoms with Crippen LogP contribution in [0.4, 0.5) is 26.3 Å². The van der Waals surface area contributed by atoms with E-state index in [4.69, 9.17) is 11.6 Å². The number of hydrogen-bond acceptors (Lipinski definition) is 5. The molecule has 1 aromatic heterocycles. The Hall–Kier alpha value is -3.85. The molecule has 1 aliphatic rings. The van der Waals surface area contributed by atoms with Crippen molar-refractivity contribution in [1.82, 2.24) is 25.0 Å². The standard InChI is InChI=1S/C26H24ClF6N5O4/c27-18-6-4-14(5-7-18)22-36-38(24(42)37(22)12-20(39)26(31,32)33)13-21(40)35-19(11-16-8-9-34-23(16)41)15-2-1-3-17(10-15)25(28,29)30/h1-7,10,16,19-20,39H,8-9,11-13H2,(H,34,41)(H,35,40)/t16?,19?,20-/m0/s1. The Morgan fingerprint density at radius 1 is 1.12 bits per heavy atom. The summed E-state index contributed by atoms with van der Waals surface area (Å²) in [6.07, 6.45) is -12.3. The molecule has 2 aromatic carbocycles. The smallest absolute Gasteiger partial charge is 0.382 e. The summed E-state index contributed by atoms with van der Waals surface area (Å²) in [6, 6.07) is 8.68. The van der Waals surface area contributed by atoms with E-state index in [-0.39, 0.29) is 29.3 Å². The highest BCUT2D eigenvalue weighted by Crippen LogP contribution is 2.33. The highest BCUT2D eigenvalue weighted by molar-refractivity contribution is 6.30. The number of benzene rings is 2. The van der Waals surface area contributed by atoms with Gasteiger partial charge in [-0.1, -0.05) is 23.7 Å². The monoisotopic (exact) mass is 619 g/mol. The molecule has 2 amide bonds. The number of nitrogens with one attached hydrogen (secondary N) is 2. The number of aromatic nitrogens is 3. The van der Waals surface area contributed by atoms with Gasteiger partial charge in [-0.2, -0.15) is 26.3 Å². The lowest BCUT2D eigenvalue weighted by atomic mass is 9.92. The fraction of sp³-hybridized carbons (Fsp3) is 0.385. The summed E-state index contributed by atoms with van der Waals surface area (Å²) in [5, 5.41) is 19.1. The van der Waals surface area contributed by atoms with Crippen LogP contribution in [0.1, 0.15) is 30.0 Å². The molecule has 3 N–H and O–H groups in total. The van der Waals surface area contributed by atoms with Gasteiger partial charge in [0.25, 0.3) is 0 Å². The molecule has 4 rings (SSSR count). The quantitative estimate of drug-likeness (QED) is 0.316. The summed E-state index contributed by atoms with van der Waals surface area (Å²) >= 11 is 5.87. The van der Waals surface area contributed by atoms with E-state index >= 15 is 0 Å². The molecule has 0 saturated carbocycles. The van der Waals surface area contributed by atoms with Gasteiger partial charge in [0.1, 0.15) is 6.54 Å². The molecule has 1 saturated heterocycles. The summed E-state index contributed by atoms with van der Waals surface area (Å²) in [5.74, 6) is -2.12. The average molecular weight is 620 g/mol. The molecule has 2 unspecified atom stereocenters. The molecular formula is C26H24ClF6N5O4. The van der Waals surface area contributed by atoms with Crippen LogP contribution in [0.15, 0.2) is 53.3 Å². The zero-order chi connectivity index (χ0) is 30.8. The van der Waals surface area contributed by atoms with Gasteiger partial charge in [0.05, 0.1) is 18.2 Å². The van der Waals surface area contributed by atoms with E-state index in [2.05, 4.69) is 15.7 Å². The van der Waals surface area contributed by atoms with E-state index in [1.165, 1.54) is 30.3 Å². The van der Waals surface area contributed by atoms with Crippen LogP contribution in [0.3, 0.4) is 0 Å². The topological polar surface area (TPSA) is 118 Å². The first-order valence-electron chi connectivity index (χ1n) is 12.6. The third kappa shape index (κ3) is 7.31. The maximum atomic E-state index is 13.4. The second-order valence-corrected chi connectivity index (χ2v) is 10.1. The third-order valence-electron chi connectivity index (χ3n) is 6.69. The normalized spacial score (nSPS) is 17.1. The summed E-state index contributed by atoms with van der Waals surface area (Å²) < 4.78 is 80.5. The van der Waals surface area contributed by atoms with Gasteiger partial charge in [0, 0.05) is 23.0 Å². The van der Waals surface area contributed by atoms with Crippen molar-refractivity contribution in [3.8, 4) is 11.4 Å².